The smallest absolute Gasteiger partial charge is 0.334 e. The molecule has 2 saturated heterocycles. The number of carbonyl (C=O) groups is 3. The Morgan fingerprint density at radius 2 is 1.77 bits per heavy atom. The molecule has 0 saturated carbocycles. The van der Waals surface area contributed by atoms with Crippen LogP contribution in [0.1, 0.15) is 23.6 Å². The molecule has 9 nitrogen and oxygen atoms in total. The van der Waals surface area contributed by atoms with Crippen molar-refractivity contribution in [2.45, 2.75) is 44.7 Å². The molecular formula is C32H31F2N5O4. The van der Waals surface area contributed by atoms with E-state index in [0.29, 0.717) is 5.56 Å². The van der Waals surface area contributed by atoms with Crippen LogP contribution in [0, 0.1) is 24.0 Å². The molecule has 43 heavy (non-hydrogen) atoms. The van der Waals surface area contributed by atoms with Crippen LogP contribution in [0.4, 0.5) is 13.6 Å². The summed E-state index contributed by atoms with van der Waals surface area (Å²) in [5.41, 5.74) is 1.60. The monoisotopic (exact) mass is 587 g/mol. The van der Waals surface area contributed by atoms with Gasteiger partial charge in [0.2, 0.25) is 11.8 Å². The fourth-order valence-corrected chi connectivity index (χ4v) is 5.65. The van der Waals surface area contributed by atoms with E-state index in [-0.39, 0.29) is 43.9 Å². The summed E-state index contributed by atoms with van der Waals surface area (Å²) in [6, 6.07) is 16.3. The number of piperazine rings is 1. The van der Waals surface area contributed by atoms with E-state index in [9.17, 15) is 28.3 Å². The summed E-state index contributed by atoms with van der Waals surface area (Å²) < 4.78 is 28.5. The molecule has 2 unspecified atom stereocenters. The van der Waals surface area contributed by atoms with Crippen molar-refractivity contribution in [1.29, 1.82) is 0 Å². The van der Waals surface area contributed by atoms with Crippen LogP contribution in [0.25, 0.3) is 0 Å². The van der Waals surface area contributed by atoms with E-state index in [1.807, 2.05) is 30.3 Å². The number of aromatic hydroxyl groups is 1. The van der Waals surface area contributed by atoms with Gasteiger partial charge in [0.05, 0.1) is 19.1 Å². The molecule has 0 radical (unpaired) electrons. The van der Waals surface area contributed by atoms with Crippen molar-refractivity contribution in [2.75, 3.05) is 13.1 Å². The summed E-state index contributed by atoms with van der Waals surface area (Å²) >= 11 is 0. The number of nitrogens with one attached hydrogen (secondary N) is 1. The number of urea groups is 1. The highest BCUT2D eigenvalue weighted by atomic mass is 19.1. The third kappa shape index (κ3) is 6.15. The molecule has 5 rings (SSSR count). The fraction of sp³-hybridized carbons (Fsp3) is 0.281. The van der Waals surface area contributed by atoms with Crippen LogP contribution in [0.3, 0.4) is 0 Å². The van der Waals surface area contributed by atoms with Gasteiger partial charge in [-0.2, -0.15) is 5.01 Å². The lowest BCUT2D eigenvalue weighted by atomic mass is 9.94. The van der Waals surface area contributed by atoms with Gasteiger partial charge >= 0.3 is 6.03 Å². The molecule has 2 N–H and O–H groups in total. The average Bonchev–Trinajstić information content (AvgIpc) is 2.99. The molecule has 2 fully saturated rings. The number of phenols is 1. The van der Waals surface area contributed by atoms with Gasteiger partial charge in [-0.05, 0) is 36.2 Å². The van der Waals surface area contributed by atoms with Gasteiger partial charge in [-0.3, -0.25) is 9.59 Å². The number of phenolic OH excluding ortho intramolecular Hbond substituents is 1. The number of hydrogen-bond donors (Lipinski definition) is 2. The zero-order valence-corrected chi connectivity index (χ0v) is 23.5. The normalized spacial score (nSPS) is 20.5. The van der Waals surface area contributed by atoms with Crippen molar-refractivity contribution < 1.29 is 28.3 Å². The summed E-state index contributed by atoms with van der Waals surface area (Å²) in [6.07, 6.45) is 4.71. The molecule has 0 bridgehead atoms. The first kappa shape index (κ1) is 29.5. The molecule has 4 amide bonds. The van der Waals surface area contributed by atoms with E-state index >= 15 is 0 Å². The number of terminal acetylenes is 1. The lowest BCUT2D eigenvalue weighted by Crippen LogP contribution is -2.79. The van der Waals surface area contributed by atoms with E-state index in [0.717, 1.165) is 17.7 Å². The van der Waals surface area contributed by atoms with Crippen molar-refractivity contribution in [3.8, 4) is 18.1 Å². The van der Waals surface area contributed by atoms with Crippen molar-refractivity contribution in [3.05, 3.63) is 101 Å². The third-order valence-corrected chi connectivity index (χ3v) is 7.76. The minimum atomic E-state index is -1.06. The number of benzene rings is 3. The second-order valence-electron chi connectivity index (χ2n) is 10.6. The number of carbonyl (C=O) groups excluding carboxylic acids is 3. The number of amides is 4. The van der Waals surface area contributed by atoms with Crippen LogP contribution in [-0.2, 0) is 29.1 Å². The highest BCUT2D eigenvalue weighted by molar-refractivity contribution is 5.92. The standard InChI is InChI=1S/C32H31F2N5O4/c1-3-15-36-20-29(41)38-28(16-22-9-13-26(40)14-10-22)31(42)37(19-24-11-12-25(33)17-27(24)34)21(2)30(38)39(36)32(43)35-18-23-7-5-4-6-8-23/h1,4-14,17,21,28,30,40H,15-16,18-20H2,2H3,(H,35,43)/t21?,28-,30?/m0/s1. The summed E-state index contributed by atoms with van der Waals surface area (Å²) in [7, 11) is 0. The topological polar surface area (TPSA) is 96.4 Å². The Hall–Kier alpha value is -4.95. The lowest BCUT2D eigenvalue weighted by Gasteiger charge is -2.57. The number of nitrogens with zero attached hydrogens (tertiary/aromatic N) is 4. The molecule has 0 spiro atoms. The maximum absolute atomic E-state index is 14.8. The molecular weight excluding hydrogens is 556 g/mol. The molecule has 3 aromatic rings. The summed E-state index contributed by atoms with van der Waals surface area (Å²) in [6.45, 7) is 1.38. The van der Waals surface area contributed by atoms with E-state index in [2.05, 4.69) is 11.2 Å². The minimum Gasteiger partial charge on any atom is -0.508 e. The molecule has 222 valence electrons. The Balaban J connectivity index is 1.55. The molecule has 11 heteroatoms. The summed E-state index contributed by atoms with van der Waals surface area (Å²) in [4.78, 5) is 44.5. The van der Waals surface area contributed by atoms with Gasteiger partial charge in [0, 0.05) is 31.1 Å². The second kappa shape index (κ2) is 12.5. The Morgan fingerprint density at radius 3 is 2.44 bits per heavy atom. The molecule has 2 aliphatic heterocycles. The van der Waals surface area contributed by atoms with Crippen LogP contribution in [0.5, 0.6) is 5.75 Å². The molecule has 2 heterocycles. The highest BCUT2D eigenvalue weighted by Crippen LogP contribution is 2.33. The van der Waals surface area contributed by atoms with E-state index in [4.69, 9.17) is 6.42 Å². The largest absolute Gasteiger partial charge is 0.508 e. The summed E-state index contributed by atoms with van der Waals surface area (Å²) in [5.74, 6) is 0.121. The van der Waals surface area contributed by atoms with Gasteiger partial charge < -0.3 is 20.2 Å². The van der Waals surface area contributed by atoms with Crippen LogP contribution < -0.4 is 5.32 Å². The third-order valence-electron chi connectivity index (χ3n) is 7.76. The van der Waals surface area contributed by atoms with Gasteiger partial charge in [0.15, 0.2) is 0 Å². The molecule has 3 atom stereocenters. The number of hydrogen-bond acceptors (Lipinski definition) is 5. The molecule has 0 aliphatic carbocycles. The fourth-order valence-electron chi connectivity index (χ4n) is 5.65. The summed E-state index contributed by atoms with van der Waals surface area (Å²) in [5, 5.41) is 15.5. The van der Waals surface area contributed by atoms with Crippen molar-refractivity contribution in [3.63, 3.8) is 0 Å². The van der Waals surface area contributed by atoms with E-state index < -0.39 is 47.7 Å². The predicted octanol–water partition coefficient (Wildman–Crippen LogP) is 3.24. The Labute approximate surface area is 248 Å². The average molecular weight is 588 g/mol. The highest BCUT2D eigenvalue weighted by Gasteiger charge is 2.54. The van der Waals surface area contributed by atoms with Gasteiger partial charge in [-0.15, -0.1) is 6.42 Å². The number of rotatable bonds is 7. The first-order valence-electron chi connectivity index (χ1n) is 13.8. The number of hydrazine groups is 1. The quantitative estimate of drug-likeness (QED) is 0.414. The predicted molar refractivity (Wildman–Crippen MR) is 154 cm³/mol. The first-order chi connectivity index (χ1) is 20.7. The van der Waals surface area contributed by atoms with Crippen LogP contribution in [0.15, 0.2) is 72.8 Å². The van der Waals surface area contributed by atoms with E-state index in [1.165, 1.54) is 38.0 Å². The SMILES string of the molecule is C#CCN1CC(=O)N2C(C(C)N(Cc3ccc(F)cc3F)C(=O)[C@@H]2Cc2ccc(O)cc2)N1C(=O)NCc1ccccc1. The van der Waals surface area contributed by atoms with Crippen molar-refractivity contribution >= 4 is 17.8 Å². The Kier molecular flexibility index (Phi) is 8.59. The minimum absolute atomic E-state index is 0.0406. The van der Waals surface area contributed by atoms with Crippen LogP contribution >= 0.6 is 0 Å². The zero-order chi connectivity index (χ0) is 30.7. The zero-order valence-electron chi connectivity index (χ0n) is 23.5. The number of halogens is 2. The maximum atomic E-state index is 14.8. The van der Waals surface area contributed by atoms with Crippen LogP contribution in [-0.4, -0.2) is 74.1 Å². The number of fused-ring (bicyclic) bond motifs is 1. The maximum Gasteiger partial charge on any atom is 0.334 e. The molecule has 2 aliphatic rings. The first-order valence-corrected chi connectivity index (χ1v) is 13.8. The van der Waals surface area contributed by atoms with Gasteiger partial charge in [-0.25, -0.2) is 18.6 Å². The van der Waals surface area contributed by atoms with E-state index in [1.54, 1.807) is 19.1 Å². The molecule has 0 aromatic heterocycles. The van der Waals surface area contributed by atoms with Gasteiger partial charge in [0.25, 0.3) is 0 Å². The van der Waals surface area contributed by atoms with Crippen molar-refractivity contribution in [2.24, 2.45) is 0 Å². The van der Waals surface area contributed by atoms with Gasteiger partial charge in [0.1, 0.15) is 29.6 Å². The van der Waals surface area contributed by atoms with Crippen LogP contribution in [0.2, 0.25) is 0 Å². The molecule has 3 aromatic carbocycles. The van der Waals surface area contributed by atoms with Crippen molar-refractivity contribution in [1.82, 2.24) is 25.1 Å². The lowest BCUT2D eigenvalue weighted by molar-refractivity contribution is -0.198. The van der Waals surface area contributed by atoms with Gasteiger partial charge in [-0.1, -0.05) is 54.5 Å². The Bertz CT molecular complexity index is 1550. The second-order valence-corrected chi connectivity index (χ2v) is 10.6. The Morgan fingerprint density at radius 1 is 1.05 bits per heavy atom.